The average molecular weight is 337 g/mol. The largest absolute Gasteiger partial charge is 0.469 e. The molecular weight excluding hydrogens is 318 g/mol. The number of aryl methyl sites for hydroxylation is 1. The molecule has 128 valence electrons. The molecule has 0 saturated carbocycles. The predicted octanol–water partition coefficient (Wildman–Crippen LogP) is 2.68. The molecule has 0 radical (unpaired) electrons. The smallest absolute Gasteiger partial charge is 0.310 e. The molecule has 0 fully saturated rings. The van der Waals surface area contributed by atoms with E-state index in [0.717, 1.165) is 5.56 Å². The number of nitrogens with zero attached hydrogens (tertiary/aromatic N) is 1. The van der Waals surface area contributed by atoms with Crippen LogP contribution in [0.25, 0.3) is 5.57 Å². The molecule has 5 nitrogen and oxygen atoms in total. The van der Waals surface area contributed by atoms with Crippen LogP contribution in [0.1, 0.15) is 17.5 Å². The molecule has 1 aliphatic rings. The maximum Gasteiger partial charge on any atom is 0.310 e. The highest BCUT2D eigenvalue weighted by Crippen LogP contribution is 2.38. The van der Waals surface area contributed by atoms with E-state index >= 15 is 0 Å². The number of benzene rings is 2. The summed E-state index contributed by atoms with van der Waals surface area (Å²) in [5.41, 5.74) is 0.728. The number of methoxy groups -OCH3 is 1. The molecule has 25 heavy (non-hydrogen) atoms. The number of carbonyl (C=O) groups excluding carboxylic acids is 2. The number of ether oxygens (including phenoxy) is 1. The number of esters is 1. The van der Waals surface area contributed by atoms with Crippen molar-refractivity contribution in [2.45, 2.75) is 19.1 Å². The van der Waals surface area contributed by atoms with Gasteiger partial charge in [0.25, 0.3) is 0 Å². The fourth-order valence-corrected chi connectivity index (χ4v) is 2.87. The van der Waals surface area contributed by atoms with Crippen LogP contribution in [0.15, 0.2) is 60.8 Å². The molecule has 1 unspecified atom stereocenters. The number of carbonyl (C=O) groups is 2. The van der Waals surface area contributed by atoms with Gasteiger partial charge in [0.05, 0.1) is 7.11 Å². The summed E-state index contributed by atoms with van der Waals surface area (Å²) < 4.78 is 4.67. The summed E-state index contributed by atoms with van der Waals surface area (Å²) in [6.45, 7) is 1.96. The molecule has 1 heterocycles. The van der Waals surface area contributed by atoms with Crippen molar-refractivity contribution >= 4 is 23.0 Å². The number of Topliss-reactive ketones (excluding diaryl/α,β-unsaturated/α-hetero) is 1. The molecule has 3 rings (SSSR count). The van der Waals surface area contributed by atoms with Crippen molar-refractivity contribution in [2.24, 2.45) is 0 Å². The van der Waals surface area contributed by atoms with Crippen LogP contribution >= 0.6 is 0 Å². The fourth-order valence-electron chi connectivity index (χ4n) is 2.87. The molecule has 2 aromatic carbocycles. The van der Waals surface area contributed by atoms with E-state index in [2.05, 4.69) is 4.74 Å². The molecule has 1 N–H and O–H groups in total. The van der Waals surface area contributed by atoms with Gasteiger partial charge in [-0.1, -0.05) is 48.0 Å². The molecule has 0 aromatic heterocycles. The minimum atomic E-state index is -2.01. The van der Waals surface area contributed by atoms with Gasteiger partial charge in [-0.2, -0.15) is 0 Å². The van der Waals surface area contributed by atoms with Crippen molar-refractivity contribution < 1.29 is 19.4 Å². The van der Waals surface area contributed by atoms with Gasteiger partial charge in [0, 0.05) is 17.5 Å². The van der Waals surface area contributed by atoms with E-state index in [1.54, 1.807) is 30.5 Å². The lowest BCUT2D eigenvalue weighted by molar-refractivity contribution is -0.150. The van der Waals surface area contributed by atoms with Gasteiger partial charge >= 0.3 is 5.97 Å². The van der Waals surface area contributed by atoms with Crippen LogP contribution in [-0.2, 0) is 14.3 Å². The number of hydrogen-bond donors (Lipinski definition) is 1. The summed E-state index contributed by atoms with van der Waals surface area (Å²) in [6, 6.07) is 16.4. The third-order valence-electron chi connectivity index (χ3n) is 4.28. The molecule has 0 spiro atoms. The van der Waals surface area contributed by atoms with E-state index in [9.17, 15) is 14.7 Å². The molecule has 0 bridgehead atoms. The summed E-state index contributed by atoms with van der Waals surface area (Å²) in [4.78, 5) is 26.2. The van der Waals surface area contributed by atoms with Crippen LogP contribution in [0.2, 0.25) is 0 Å². The lowest BCUT2D eigenvalue weighted by Gasteiger charge is -2.32. The van der Waals surface area contributed by atoms with Gasteiger partial charge in [0.2, 0.25) is 11.5 Å². The first-order valence-corrected chi connectivity index (χ1v) is 7.93. The van der Waals surface area contributed by atoms with E-state index in [-0.39, 0.29) is 0 Å². The molecule has 2 aromatic rings. The number of aliphatic hydroxyl groups is 1. The monoisotopic (exact) mass is 337 g/mol. The minimum absolute atomic E-state index is 0.357. The van der Waals surface area contributed by atoms with Crippen LogP contribution in [0.5, 0.6) is 0 Å². The van der Waals surface area contributed by atoms with E-state index < -0.39 is 23.9 Å². The molecule has 1 atom stereocenters. The van der Waals surface area contributed by atoms with Crippen molar-refractivity contribution in [3.8, 4) is 0 Å². The Morgan fingerprint density at radius 2 is 1.76 bits per heavy atom. The summed E-state index contributed by atoms with van der Waals surface area (Å²) in [5, 5.41) is 11.1. The second-order valence-electron chi connectivity index (χ2n) is 6.01. The molecule has 5 heteroatoms. The van der Waals surface area contributed by atoms with Crippen LogP contribution in [0.3, 0.4) is 0 Å². The quantitative estimate of drug-likeness (QED) is 0.869. The Hall–Kier alpha value is -2.92. The Kier molecular flexibility index (Phi) is 4.42. The lowest BCUT2D eigenvalue weighted by Crippen LogP contribution is -2.50. The van der Waals surface area contributed by atoms with E-state index in [1.165, 1.54) is 12.0 Å². The summed E-state index contributed by atoms with van der Waals surface area (Å²) in [7, 11) is 1.23. The first-order chi connectivity index (χ1) is 12.0. The Balaban J connectivity index is 2.07. The van der Waals surface area contributed by atoms with Crippen LogP contribution < -0.4 is 4.90 Å². The highest BCUT2D eigenvalue weighted by atomic mass is 16.5. The molecule has 0 saturated heterocycles. The second-order valence-corrected chi connectivity index (χ2v) is 6.01. The zero-order chi connectivity index (χ0) is 18.0. The topological polar surface area (TPSA) is 66.8 Å². The first kappa shape index (κ1) is 16.9. The highest BCUT2D eigenvalue weighted by Gasteiger charge is 2.50. The SMILES string of the molecule is COC(=O)CC1(O)C(=O)C(c2ccc(C)cc2)=CN1c1ccccc1. The van der Waals surface area contributed by atoms with Gasteiger partial charge in [-0.05, 0) is 24.6 Å². The fraction of sp³-hybridized carbons (Fsp3) is 0.200. The van der Waals surface area contributed by atoms with Gasteiger partial charge in [0.15, 0.2) is 0 Å². The third-order valence-corrected chi connectivity index (χ3v) is 4.28. The van der Waals surface area contributed by atoms with Gasteiger partial charge in [-0.3, -0.25) is 9.59 Å². The predicted molar refractivity (Wildman–Crippen MR) is 94.7 cm³/mol. The van der Waals surface area contributed by atoms with Crippen LogP contribution in [0.4, 0.5) is 5.69 Å². The zero-order valence-electron chi connectivity index (χ0n) is 14.1. The Labute approximate surface area is 146 Å². The molecule has 1 aliphatic heterocycles. The Bertz CT molecular complexity index is 827. The van der Waals surface area contributed by atoms with Gasteiger partial charge < -0.3 is 14.7 Å². The molecule has 0 aliphatic carbocycles. The maximum atomic E-state index is 13.0. The van der Waals surface area contributed by atoms with Crippen LogP contribution in [0, 0.1) is 6.92 Å². The Morgan fingerprint density at radius 1 is 1.12 bits per heavy atom. The summed E-state index contributed by atoms with van der Waals surface area (Å²) in [6.07, 6.45) is 1.13. The van der Waals surface area contributed by atoms with Crippen LogP contribution in [-0.4, -0.2) is 29.7 Å². The van der Waals surface area contributed by atoms with E-state index in [1.807, 2.05) is 37.3 Å². The summed E-state index contributed by atoms with van der Waals surface area (Å²) in [5.74, 6) is -1.18. The van der Waals surface area contributed by atoms with Crippen molar-refractivity contribution in [1.29, 1.82) is 0 Å². The average Bonchev–Trinajstić information content (AvgIpc) is 2.88. The maximum absolute atomic E-state index is 13.0. The lowest BCUT2D eigenvalue weighted by atomic mass is 9.96. The first-order valence-electron chi connectivity index (χ1n) is 7.93. The zero-order valence-corrected chi connectivity index (χ0v) is 14.1. The van der Waals surface area contributed by atoms with Crippen molar-refractivity contribution in [1.82, 2.24) is 0 Å². The normalized spacial score (nSPS) is 19.7. The molecule has 0 amide bonds. The van der Waals surface area contributed by atoms with Gasteiger partial charge in [0.1, 0.15) is 6.42 Å². The van der Waals surface area contributed by atoms with Gasteiger partial charge in [-0.25, -0.2) is 0 Å². The number of para-hydroxylation sites is 1. The van der Waals surface area contributed by atoms with Crippen molar-refractivity contribution in [2.75, 3.05) is 12.0 Å². The Morgan fingerprint density at radius 3 is 2.36 bits per heavy atom. The minimum Gasteiger partial charge on any atom is -0.469 e. The highest BCUT2D eigenvalue weighted by molar-refractivity contribution is 6.29. The molecular formula is C20H19NO4. The number of anilines is 1. The van der Waals surface area contributed by atoms with Gasteiger partial charge in [-0.15, -0.1) is 0 Å². The van der Waals surface area contributed by atoms with Crippen molar-refractivity contribution in [3.05, 3.63) is 71.9 Å². The number of rotatable bonds is 4. The van der Waals surface area contributed by atoms with Crippen molar-refractivity contribution in [3.63, 3.8) is 0 Å². The number of hydrogen-bond acceptors (Lipinski definition) is 5. The second kappa shape index (κ2) is 6.53. The van der Waals surface area contributed by atoms with E-state index in [4.69, 9.17) is 0 Å². The standard InChI is InChI=1S/C20H19NO4/c1-14-8-10-15(11-9-14)17-13-21(16-6-4-3-5-7-16)20(24,19(17)23)12-18(22)25-2/h3-11,13,24H,12H2,1-2H3. The van der Waals surface area contributed by atoms with E-state index in [0.29, 0.717) is 16.8 Å². The summed E-state index contributed by atoms with van der Waals surface area (Å²) >= 11 is 0. The third kappa shape index (κ3) is 3.06. The number of ketones is 1.